The second-order valence-electron chi connectivity index (χ2n) is 11.5. The average molecular weight is 756 g/mol. The van der Waals surface area contributed by atoms with Crippen LogP contribution in [0, 0.1) is 0 Å². The zero-order valence-electron chi connectivity index (χ0n) is 30.0. The molecule has 3 amide bonds. The highest BCUT2D eigenvalue weighted by molar-refractivity contribution is 8.00. The van der Waals surface area contributed by atoms with Crippen molar-refractivity contribution in [1.82, 2.24) is 16.0 Å². The van der Waals surface area contributed by atoms with Gasteiger partial charge in [0.2, 0.25) is 5.91 Å². The van der Waals surface area contributed by atoms with Gasteiger partial charge < -0.3 is 68.4 Å². The van der Waals surface area contributed by atoms with E-state index in [9.17, 15) is 14.4 Å². The van der Waals surface area contributed by atoms with Crippen LogP contribution in [0.2, 0.25) is 0 Å². The van der Waals surface area contributed by atoms with E-state index >= 15 is 0 Å². The maximum Gasteiger partial charge on any atom is 0.315 e. The number of carbonyl (C=O) groups is 3. The number of aliphatic carboxylic acids is 1. The van der Waals surface area contributed by atoms with E-state index in [0.717, 1.165) is 25.0 Å². The van der Waals surface area contributed by atoms with Crippen LogP contribution < -0.4 is 16.0 Å². The summed E-state index contributed by atoms with van der Waals surface area (Å²) >= 11 is 1.90. The fourth-order valence-electron chi connectivity index (χ4n) is 4.87. The van der Waals surface area contributed by atoms with Gasteiger partial charge >= 0.3 is 12.0 Å². The standard InChI is InChI=1S/C33H61N3O14S/c37-30(4-2-1-3-29-32-28(27-51-29)35-33(40)36-32)34-6-8-42-10-12-44-14-16-46-18-20-48-22-24-50-26-25-49-23-21-47-19-17-45-15-13-43-11-9-41-7-5-31(38)39/h28-29,32H,1-27H2,(H,34,37)(H,38,39)(H2,35,36,40)/t28-,29-,32-/m0/s1. The maximum atomic E-state index is 12.0. The van der Waals surface area contributed by atoms with Crippen LogP contribution in [0.5, 0.6) is 0 Å². The van der Waals surface area contributed by atoms with Gasteiger partial charge in [-0.3, -0.25) is 9.59 Å². The van der Waals surface area contributed by atoms with E-state index in [1.165, 1.54) is 0 Å². The molecule has 3 atom stereocenters. The summed E-state index contributed by atoms with van der Waals surface area (Å²) in [5, 5.41) is 17.8. The lowest BCUT2D eigenvalue weighted by atomic mass is 10.0. The second-order valence-corrected chi connectivity index (χ2v) is 12.8. The molecule has 0 aromatic heterocycles. The Morgan fingerprint density at radius 1 is 0.588 bits per heavy atom. The van der Waals surface area contributed by atoms with Gasteiger partial charge in [-0.1, -0.05) is 6.42 Å². The van der Waals surface area contributed by atoms with Gasteiger partial charge in [0.15, 0.2) is 0 Å². The van der Waals surface area contributed by atoms with Gasteiger partial charge in [-0.2, -0.15) is 11.8 Å². The van der Waals surface area contributed by atoms with Crippen LogP contribution in [-0.2, 0) is 57.0 Å². The number of unbranched alkanes of at least 4 members (excludes halogenated alkanes) is 1. The summed E-state index contributed by atoms with van der Waals surface area (Å²) in [5.74, 6) is 0.117. The van der Waals surface area contributed by atoms with Crippen LogP contribution in [0.15, 0.2) is 0 Å². The summed E-state index contributed by atoms with van der Waals surface area (Å²) in [6, 6.07) is 0.398. The number of thioether (sulfide) groups is 1. The van der Waals surface area contributed by atoms with Crippen molar-refractivity contribution in [2.75, 3.05) is 144 Å². The largest absolute Gasteiger partial charge is 0.481 e. The van der Waals surface area contributed by atoms with E-state index in [2.05, 4.69) is 16.0 Å². The summed E-state index contributed by atoms with van der Waals surface area (Å²) < 4.78 is 54.1. The predicted octanol–water partition coefficient (Wildman–Crippen LogP) is 0.469. The molecule has 4 N–H and O–H groups in total. The van der Waals surface area contributed by atoms with Crippen molar-refractivity contribution in [3.8, 4) is 0 Å². The summed E-state index contributed by atoms with van der Waals surface area (Å²) in [5.41, 5.74) is 0. The number of ether oxygens (including phenoxy) is 10. The predicted molar refractivity (Wildman–Crippen MR) is 187 cm³/mol. The van der Waals surface area contributed by atoms with E-state index in [4.69, 9.17) is 52.5 Å². The molecule has 0 unspecified atom stereocenters. The number of fused-ring (bicyclic) bond motifs is 1. The fraction of sp³-hybridized carbons (Fsp3) is 0.909. The van der Waals surface area contributed by atoms with Crippen LogP contribution in [0.1, 0.15) is 32.1 Å². The van der Waals surface area contributed by atoms with Crippen molar-refractivity contribution in [3.63, 3.8) is 0 Å². The van der Waals surface area contributed by atoms with Crippen molar-refractivity contribution in [2.45, 2.75) is 49.4 Å². The third-order valence-corrected chi connectivity index (χ3v) is 8.97. The average Bonchev–Trinajstić information content (AvgIpc) is 3.67. The van der Waals surface area contributed by atoms with Gasteiger partial charge in [0, 0.05) is 24.0 Å². The van der Waals surface area contributed by atoms with Crippen LogP contribution in [0.4, 0.5) is 4.79 Å². The van der Waals surface area contributed by atoms with E-state index in [1.54, 1.807) is 0 Å². The van der Waals surface area contributed by atoms with Gasteiger partial charge in [0.1, 0.15) is 0 Å². The Bertz CT molecular complexity index is 881. The number of carboxylic acids is 1. The van der Waals surface area contributed by atoms with E-state index in [-0.39, 0.29) is 37.0 Å². The molecule has 2 heterocycles. The lowest BCUT2D eigenvalue weighted by Crippen LogP contribution is -2.36. The van der Waals surface area contributed by atoms with Crippen molar-refractivity contribution in [2.24, 2.45) is 0 Å². The number of amides is 3. The molecule has 17 nitrogen and oxygen atoms in total. The molecule has 2 rings (SSSR count). The number of hydrogen-bond acceptors (Lipinski definition) is 14. The molecule has 0 bridgehead atoms. The van der Waals surface area contributed by atoms with Crippen LogP contribution in [-0.4, -0.2) is 185 Å². The van der Waals surface area contributed by atoms with Gasteiger partial charge in [-0.05, 0) is 12.8 Å². The van der Waals surface area contributed by atoms with Crippen LogP contribution >= 0.6 is 11.8 Å². The molecule has 0 saturated carbocycles. The fourth-order valence-corrected chi connectivity index (χ4v) is 6.41. The third kappa shape index (κ3) is 26.6. The Labute approximate surface area is 306 Å². The molecule has 0 aliphatic carbocycles. The molecule has 51 heavy (non-hydrogen) atoms. The first kappa shape index (κ1) is 45.3. The third-order valence-electron chi connectivity index (χ3n) is 7.46. The Kier molecular flexibility index (Phi) is 29.1. The van der Waals surface area contributed by atoms with E-state index in [1.807, 2.05) is 11.8 Å². The van der Waals surface area contributed by atoms with Crippen molar-refractivity contribution >= 4 is 29.7 Å². The Balaban J connectivity index is 1.15. The van der Waals surface area contributed by atoms with Crippen molar-refractivity contribution in [3.05, 3.63) is 0 Å². The summed E-state index contributed by atoms with van der Waals surface area (Å²) in [7, 11) is 0. The molecule has 298 valence electrons. The summed E-state index contributed by atoms with van der Waals surface area (Å²) in [4.78, 5) is 33.8. The van der Waals surface area contributed by atoms with Gasteiger partial charge in [-0.15, -0.1) is 0 Å². The van der Waals surface area contributed by atoms with Crippen LogP contribution in [0.3, 0.4) is 0 Å². The summed E-state index contributed by atoms with van der Waals surface area (Å²) in [6.45, 7) is 9.38. The SMILES string of the molecule is O=C(O)CCOCCOCCOCCOCCOCCOCCOCCOCCOCCOCCNC(=O)CCCC[C@@H]1SC[C@@H]2NC(=O)N[C@@H]21. The van der Waals surface area contributed by atoms with E-state index < -0.39 is 5.97 Å². The van der Waals surface area contributed by atoms with Crippen molar-refractivity contribution in [1.29, 1.82) is 0 Å². The molecule has 0 aromatic carbocycles. The zero-order chi connectivity index (χ0) is 36.5. The number of hydrogen-bond donors (Lipinski definition) is 4. The molecule has 0 spiro atoms. The molecular weight excluding hydrogens is 694 g/mol. The molecular formula is C33H61N3O14S. The molecule has 2 aliphatic heterocycles. The van der Waals surface area contributed by atoms with Gasteiger partial charge in [0.05, 0.1) is 151 Å². The smallest absolute Gasteiger partial charge is 0.315 e. The summed E-state index contributed by atoms with van der Waals surface area (Å²) in [6.07, 6.45) is 3.31. The molecule has 2 saturated heterocycles. The molecule has 18 heteroatoms. The minimum atomic E-state index is -0.878. The topological polar surface area (TPSA) is 200 Å². The normalized spacial score (nSPS) is 18.1. The van der Waals surface area contributed by atoms with Gasteiger partial charge in [0.25, 0.3) is 0 Å². The maximum absolute atomic E-state index is 12.0. The first-order valence-electron chi connectivity index (χ1n) is 18.0. The first-order valence-corrected chi connectivity index (χ1v) is 19.1. The van der Waals surface area contributed by atoms with Crippen LogP contribution in [0.25, 0.3) is 0 Å². The molecule has 0 aromatic rings. The minimum Gasteiger partial charge on any atom is -0.481 e. The highest BCUT2D eigenvalue weighted by Gasteiger charge is 2.42. The Morgan fingerprint density at radius 3 is 1.43 bits per heavy atom. The number of carbonyl (C=O) groups excluding carboxylic acids is 2. The quantitative estimate of drug-likeness (QED) is 0.0501. The number of urea groups is 1. The van der Waals surface area contributed by atoms with Crippen molar-refractivity contribution < 1.29 is 66.9 Å². The number of carboxylic acid groups (broad SMARTS) is 1. The monoisotopic (exact) mass is 755 g/mol. The number of rotatable bonds is 38. The second kappa shape index (κ2) is 32.8. The highest BCUT2D eigenvalue weighted by atomic mass is 32.2. The molecule has 2 aliphatic rings. The highest BCUT2D eigenvalue weighted by Crippen LogP contribution is 2.33. The lowest BCUT2D eigenvalue weighted by molar-refractivity contribution is -0.138. The molecule has 2 fully saturated rings. The zero-order valence-corrected chi connectivity index (χ0v) is 30.8. The number of nitrogens with one attached hydrogen (secondary N) is 3. The lowest BCUT2D eigenvalue weighted by Gasteiger charge is -2.16. The first-order chi connectivity index (χ1) is 25.1. The van der Waals surface area contributed by atoms with E-state index in [0.29, 0.717) is 144 Å². The molecule has 0 radical (unpaired) electrons. The minimum absolute atomic E-state index is 0.00685. The Morgan fingerprint density at radius 2 is 1.00 bits per heavy atom. The Hall–Kier alpha value is -1.84. The van der Waals surface area contributed by atoms with Gasteiger partial charge in [-0.25, -0.2) is 4.79 Å².